The van der Waals surface area contributed by atoms with Crippen molar-refractivity contribution < 1.29 is 35.1 Å². The van der Waals surface area contributed by atoms with Gasteiger partial charge in [-0.05, 0) is 60.2 Å². The molecule has 8 nitrogen and oxygen atoms in total. The number of aliphatic hydroxyl groups is 2. The Labute approximate surface area is 210 Å². The van der Waals surface area contributed by atoms with Gasteiger partial charge in [0, 0.05) is 17.9 Å². The molecule has 0 fully saturated rings. The number of aliphatic carboxylic acids is 2. The van der Waals surface area contributed by atoms with E-state index in [2.05, 4.69) is 79.4 Å². The van der Waals surface area contributed by atoms with Gasteiger partial charge in [0.2, 0.25) is 0 Å². The van der Waals surface area contributed by atoms with Crippen LogP contribution in [-0.2, 0) is 28.9 Å². The second-order valence-corrected chi connectivity index (χ2v) is 8.11. The van der Waals surface area contributed by atoms with E-state index in [1.807, 2.05) is 12.1 Å². The van der Waals surface area contributed by atoms with Gasteiger partial charge in [0.15, 0.2) is 12.2 Å². The number of phenols is 1. The summed E-state index contributed by atoms with van der Waals surface area (Å²) < 4.78 is 0. The number of para-hydroxylation sites is 2. The zero-order chi connectivity index (χ0) is 26.7. The fraction of sp³-hybridized carbons (Fsp3) is 0.286. The molecule has 0 aliphatic carbocycles. The molecule has 0 spiro atoms. The number of aryl methyl sites for hydroxylation is 2. The molecule has 0 bridgehead atoms. The standard InChI is InChI=1S/C24H27NO.C4H6O6/c1-3-20-17-19(18-21(4-2)24(20)26)15-16-25(22-11-7-5-8-12-22)23-13-9-6-10-14-23;5-1(3(7)8)2(6)4(9)10/h5-14,17-18,26H,3-4,15-16H2,1-2H3;1-2,5-6H,(H,7,8)(H,9,10). The van der Waals surface area contributed by atoms with Crippen LogP contribution in [-0.4, -0.2) is 56.2 Å². The van der Waals surface area contributed by atoms with Crippen LogP contribution in [0.1, 0.15) is 30.5 Å². The molecular weight excluding hydrogens is 462 g/mol. The summed E-state index contributed by atoms with van der Waals surface area (Å²) in [4.78, 5) is 21.9. The van der Waals surface area contributed by atoms with Gasteiger partial charge in [0.25, 0.3) is 0 Å². The normalized spacial score (nSPS) is 12.1. The van der Waals surface area contributed by atoms with E-state index in [0.29, 0.717) is 5.75 Å². The number of carbonyl (C=O) groups is 2. The highest BCUT2D eigenvalue weighted by molar-refractivity contribution is 5.83. The van der Waals surface area contributed by atoms with E-state index < -0.39 is 24.1 Å². The van der Waals surface area contributed by atoms with Crippen LogP contribution in [0.25, 0.3) is 0 Å². The summed E-state index contributed by atoms with van der Waals surface area (Å²) in [5.74, 6) is -3.06. The summed E-state index contributed by atoms with van der Waals surface area (Å²) in [6, 6.07) is 25.3. The Balaban J connectivity index is 0.000000388. The molecule has 0 radical (unpaired) electrons. The van der Waals surface area contributed by atoms with E-state index in [-0.39, 0.29) is 0 Å². The lowest BCUT2D eigenvalue weighted by atomic mass is 9.99. The van der Waals surface area contributed by atoms with Gasteiger partial charge in [0.05, 0.1) is 0 Å². The molecule has 3 aromatic rings. The Morgan fingerprint density at radius 2 is 1.14 bits per heavy atom. The van der Waals surface area contributed by atoms with Crippen LogP contribution in [0.5, 0.6) is 5.75 Å². The van der Waals surface area contributed by atoms with Gasteiger partial charge in [-0.2, -0.15) is 0 Å². The summed E-state index contributed by atoms with van der Waals surface area (Å²) in [5.41, 5.74) is 5.77. The minimum absolute atomic E-state index is 0.474. The molecule has 3 aromatic carbocycles. The number of aliphatic hydroxyl groups excluding tert-OH is 2. The van der Waals surface area contributed by atoms with E-state index in [4.69, 9.17) is 20.4 Å². The van der Waals surface area contributed by atoms with Crippen molar-refractivity contribution >= 4 is 23.3 Å². The number of hydrogen-bond acceptors (Lipinski definition) is 6. The maximum absolute atomic E-state index is 10.3. The van der Waals surface area contributed by atoms with Crippen LogP contribution in [0, 0.1) is 0 Å². The first-order valence-corrected chi connectivity index (χ1v) is 11.7. The number of rotatable bonds is 10. The number of benzene rings is 3. The van der Waals surface area contributed by atoms with Gasteiger partial charge in [-0.25, -0.2) is 9.59 Å². The first-order chi connectivity index (χ1) is 17.2. The average molecular weight is 496 g/mol. The van der Waals surface area contributed by atoms with Crippen LogP contribution in [0.4, 0.5) is 11.4 Å². The second-order valence-electron chi connectivity index (χ2n) is 8.11. The van der Waals surface area contributed by atoms with Crippen molar-refractivity contribution in [2.75, 3.05) is 11.4 Å². The molecule has 192 valence electrons. The summed E-state index contributed by atoms with van der Waals surface area (Å²) in [5, 5.41) is 42.9. The first-order valence-electron chi connectivity index (χ1n) is 11.7. The molecule has 2 unspecified atom stereocenters. The fourth-order valence-corrected chi connectivity index (χ4v) is 3.65. The van der Waals surface area contributed by atoms with E-state index in [1.54, 1.807) is 0 Å². The van der Waals surface area contributed by atoms with Crippen molar-refractivity contribution in [2.24, 2.45) is 0 Å². The summed E-state index contributed by atoms with van der Waals surface area (Å²) in [6.07, 6.45) is -1.89. The number of aromatic hydroxyl groups is 1. The summed E-state index contributed by atoms with van der Waals surface area (Å²) in [7, 11) is 0. The maximum Gasteiger partial charge on any atom is 0.335 e. The molecule has 8 heteroatoms. The average Bonchev–Trinajstić information content (AvgIpc) is 2.90. The molecule has 0 saturated carbocycles. The van der Waals surface area contributed by atoms with E-state index in [0.717, 1.165) is 36.9 Å². The predicted molar refractivity (Wildman–Crippen MR) is 138 cm³/mol. The third-order valence-corrected chi connectivity index (χ3v) is 5.65. The minimum atomic E-state index is -2.27. The van der Waals surface area contributed by atoms with Crippen LogP contribution in [0.15, 0.2) is 72.8 Å². The van der Waals surface area contributed by atoms with Crippen molar-refractivity contribution in [1.29, 1.82) is 0 Å². The lowest BCUT2D eigenvalue weighted by Crippen LogP contribution is -2.39. The number of carboxylic acids is 2. The summed E-state index contributed by atoms with van der Waals surface area (Å²) in [6.45, 7) is 5.09. The van der Waals surface area contributed by atoms with Crippen LogP contribution in [0.2, 0.25) is 0 Å². The zero-order valence-corrected chi connectivity index (χ0v) is 20.4. The number of carboxylic acid groups (broad SMARTS) is 2. The Hall–Kier alpha value is -3.88. The Kier molecular flexibility index (Phi) is 10.9. The molecule has 5 N–H and O–H groups in total. The molecule has 2 atom stereocenters. The molecule has 0 aliphatic heterocycles. The van der Waals surface area contributed by atoms with Gasteiger partial charge in [-0.15, -0.1) is 0 Å². The third kappa shape index (κ3) is 7.83. The van der Waals surface area contributed by atoms with Crippen molar-refractivity contribution in [3.63, 3.8) is 0 Å². The molecule has 0 heterocycles. The van der Waals surface area contributed by atoms with Crippen LogP contribution in [0.3, 0.4) is 0 Å². The lowest BCUT2D eigenvalue weighted by Gasteiger charge is -2.25. The number of hydrogen-bond donors (Lipinski definition) is 5. The number of anilines is 2. The van der Waals surface area contributed by atoms with Gasteiger partial charge in [-0.1, -0.05) is 62.4 Å². The second kappa shape index (κ2) is 13.9. The molecule has 0 aliphatic rings. The van der Waals surface area contributed by atoms with Crippen LogP contribution < -0.4 is 4.90 Å². The quantitative estimate of drug-likeness (QED) is 0.286. The van der Waals surface area contributed by atoms with Crippen molar-refractivity contribution in [2.45, 2.75) is 45.3 Å². The number of phenolic OH excluding ortho intramolecular Hbond substituents is 1. The SMILES string of the molecule is CCc1cc(CCN(c2ccccc2)c2ccccc2)cc(CC)c1O.O=C(O)C(O)C(O)C(=O)O. The molecule has 0 amide bonds. The van der Waals surface area contributed by atoms with Gasteiger partial charge in [-0.3, -0.25) is 0 Å². The molecule has 0 aromatic heterocycles. The highest BCUT2D eigenvalue weighted by atomic mass is 16.4. The highest BCUT2D eigenvalue weighted by Gasteiger charge is 2.29. The smallest absolute Gasteiger partial charge is 0.335 e. The van der Waals surface area contributed by atoms with E-state index >= 15 is 0 Å². The molecule has 0 saturated heterocycles. The van der Waals surface area contributed by atoms with Crippen molar-refractivity contribution in [1.82, 2.24) is 0 Å². The highest BCUT2D eigenvalue weighted by Crippen LogP contribution is 2.28. The molecular formula is C28H33NO7. The van der Waals surface area contributed by atoms with Gasteiger partial charge < -0.3 is 30.4 Å². The summed E-state index contributed by atoms with van der Waals surface area (Å²) >= 11 is 0. The monoisotopic (exact) mass is 495 g/mol. The maximum atomic E-state index is 10.3. The minimum Gasteiger partial charge on any atom is -0.507 e. The number of nitrogens with zero attached hydrogens (tertiary/aromatic N) is 1. The van der Waals surface area contributed by atoms with Crippen molar-refractivity contribution in [3.05, 3.63) is 89.5 Å². The van der Waals surface area contributed by atoms with E-state index in [1.165, 1.54) is 16.9 Å². The largest absolute Gasteiger partial charge is 0.507 e. The zero-order valence-electron chi connectivity index (χ0n) is 20.4. The van der Waals surface area contributed by atoms with Gasteiger partial charge in [0.1, 0.15) is 5.75 Å². The van der Waals surface area contributed by atoms with Gasteiger partial charge >= 0.3 is 11.9 Å². The molecule has 36 heavy (non-hydrogen) atoms. The lowest BCUT2D eigenvalue weighted by molar-refractivity contribution is -0.165. The topological polar surface area (TPSA) is 139 Å². The van der Waals surface area contributed by atoms with Crippen molar-refractivity contribution in [3.8, 4) is 5.75 Å². The Morgan fingerprint density at radius 3 is 1.47 bits per heavy atom. The first kappa shape index (κ1) is 28.4. The van der Waals surface area contributed by atoms with E-state index in [9.17, 15) is 14.7 Å². The van der Waals surface area contributed by atoms with Crippen LogP contribution >= 0.6 is 0 Å². The Bertz CT molecular complexity index is 1040. The Morgan fingerprint density at radius 1 is 0.750 bits per heavy atom. The third-order valence-electron chi connectivity index (χ3n) is 5.65. The molecule has 3 rings (SSSR count). The predicted octanol–water partition coefficient (Wildman–Crippen LogP) is 3.78. The fourth-order valence-electron chi connectivity index (χ4n) is 3.65.